The molecular formula is C29H32Cl2FN3O5. The third kappa shape index (κ3) is 5.78. The Bertz CT molecular complexity index is 1280. The first-order chi connectivity index (χ1) is 19.1. The second-order valence-corrected chi connectivity index (χ2v) is 12.0. The minimum Gasteiger partial charge on any atom is -0.410 e. The van der Waals surface area contributed by atoms with Crippen LogP contribution in [0.5, 0.6) is 5.75 Å². The van der Waals surface area contributed by atoms with E-state index in [1.54, 1.807) is 24.1 Å². The summed E-state index contributed by atoms with van der Waals surface area (Å²) in [5.74, 6) is -0.549. The van der Waals surface area contributed by atoms with E-state index in [-0.39, 0.29) is 29.4 Å². The number of rotatable bonds is 5. The van der Waals surface area contributed by atoms with Crippen LogP contribution >= 0.6 is 23.2 Å². The lowest BCUT2D eigenvalue weighted by Gasteiger charge is -2.42. The van der Waals surface area contributed by atoms with E-state index < -0.39 is 23.4 Å². The Balaban J connectivity index is 1.29. The lowest BCUT2D eigenvalue weighted by Crippen LogP contribution is -2.55. The Labute approximate surface area is 242 Å². The fraction of sp³-hybridized carbons (Fsp3) is 0.483. The Morgan fingerprint density at radius 2 is 1.68 bits per heavy atom. The molecular weight excluding hydrogens is 560 g/mol. The summed E-state index contributed by atoms with van der Waals surface area (Å²) >= 11 is 12.5. The fourth-order valence-electron chi connectivity index (χ4n) is 5.74. The molecule has 3 saturated heterocycles. The van der Waals surface area contributed by atoms with E-state index in [0.29, 0.717) is 62.3 Å². The maximum Gasteiger partial charge on any atom is 0.415 e. The van der Waals surface area contributed by atoms with Gasteiger partial charge in [-0.3, -0.25) is 9.59 Å². The van der Waals surface area contributed by atoms with Crippen LogP contribution in [0.1, 0.15) is 31.2 Å². The van der Waals surface area contributed by atoms with Gasteiger partial charge in [0.1, 0.15) is 11.6 Å². The van der Waals surface area contributed by atoms with Crippen LogP contribution in [0.4, 0.5) is 9.18 Å². The summed E-state index contributed by atoms with van der Waals surface area (Å²) in [6.45, 7) is 4.56. The predicted octanol–water partition coefficient (Wildman–Crippen LogP) is 4.83. The van der Waals surface area contributed by atoms with Crippen molar-refractivity contribution in [3.8, 4) is 5.75 Å². The highest BCUT2D eigenvalue weighted by Gasteiger charge is 2.46. The SMILES string of the molecule is CN(C(=O)Oc1ccc(F)cc1)[C@@H]1CN(C(=O)C2CCN(C(=O)C3(C)COC3)CC2)C[C@H]1c1ccc(Cl)c(Cl)c1. The van der Waals surface area contributed by atoms with E-state index in [4.69, 9.17) is 32.7 Å². The van der Waals surface area contributed by atoms with Crippen molar-refractivity contribution >= 4 is 41.1 Å². The maximum absolute atomic E-state index is 13.7. The lowest BCUT2D eigenvalue weighted by molar-refractivity contribution is -0.170. The van der Waals surface area contributed by atoms with Crippen LogP contribution in [0.25, 0.3) is 0 Å². The summed E-state index contributed by atoms with van der Waals surface area (Å²) in [4.78, 5) is 44.8. The normalized spacial score (nSPS) is 22.5. The zero-order chi connectivity index (χ0) is 28.6. The average Bonchev–Trinajstić information content (AvgIpc) is 3.38. The zero-order valence-corrected chi connectivity index (χ0v) is 24.0. The van der Waals surface area contributed by atoms with Crippen LogP contribution in [-0.2, 0) is 14.3 Å². The molecule has 0 saturated carbocycles. The van der Waals surface area contributed by atoms with Crippen molar-refractivity contribution in [3.05, 3.63) is 63.9 Å². The first-order valence-corrected chi connectivity index (χ1v) is 14.1. The monoisotopic (exact) mass is 591 g/mol. The molecule has 3 heterocycles. The van der Waals surface area contributed by atoms with E-state index in [1.165, 1.54) is 29.2 Å². The second-order valence-electron chi connectivity index (χ2n) is 11.1. The van der Waals surface area contributed by atoms with E-state index in [1.807, 2.05) is 17.9 Å². The maximum atomic E-state index is 13.7. The molecule has 2 aromatic rings. The van der Waals surface area contributed by atoms with Gasteiger partial charge in [-0.1, -0.05) is 29.3 Å². The Morgan fingerprint density at radius 3 is 2.27 bits per heavy atom. The van der Waals surface area contributed by atoms with Gasteiger partial charge in [-0.25, -0.2) is 9.18 Å². The van der Waals surface area contributed by atoms with Gasteiger partial charge in [0.2, 0.25) is 11.8 Å². The van der Waals surface area contributed by atoms with Crippen LogP contribution in [0.3, 0.4) is 0 Å². The molecule has 3 fully saturated rings. The molecule has 3 aliphatic rings. The number of piperidine rings is 1. The van der Waals surface area contributed by atoms with Crippen LogP contribution in [0.15, 0.2) is 42.5 Å². The molecule has 11 heteroatoms. The molecule has 0 unspecified atom stereocenters. The number of likely N-dealkylation sites (tertiary alicyclic amines) is 2. The number of likely N-dealkylation sites (N-methyl/N-ethyl adjacent to an activating group) is 1. The van der Waals surface area contributed by atoms with Crippen LogP contribution < -0.4 is 4.74 Å². The van der Waals surface area contributed by atoms with Gasteiger partial charge in [-0.2, -0.15) is 0 Å². The largest absolute Gasteiger partial charge is 0.415 e. The van der Waals surface area contributed by atoms with Crippen LogP contribution in [-0.4, -0.2) is 85.1 Å². The highest BCUT2D eigenvalue weighted by molar-refractivity contribution is 6.42. The third-order valence-electron chi connectivity index (χ3n) is 8.27. The fourth-order valence-corrected chi connectivity index (χ4v) is 6.05. The number of benzene rings is 2. The van der Waals surface area contributed by atoms with Gasteiger partial charge in [-0.15, -0.1) is 0 Å². The number of hydrogen-bond donors (Lipinski definition) is 0. The quantitative estimate of drug-likeness (QED) is 0.497. The molecule has 3 amide bonds. The molecule has 40 heavy (non-hydrogen) atoms. The standard InChI is InChI=1S/C29H32Cl2FN3O5/c1-29(16-39-17-29)27(37)34-11-9-18(10-12-34)26(36)35-14-22(19-3-8-23(30)24(31)13-19)25(15-35)33(2)28(38)40-21-6-4-20(32)5-7-21/h3-8,13,18,22,25H,9-12,14-17H2,1-2H3/t22-,25+/m0/s1. The van der Waals surface area contributed by atoms with Crippen molar-refractivity contribution in [2.75, 3.05) is 46.4 Å². The van der Waals surface area contributed by atoms with Crippen molar-refractivity contribution in [1.29, 1.82) is 0 Å². The Kier molecular flexibility index (Phi) is 8.27. The third-order valence-corrected chi connectivity index (χ3v) is 9.00. The van der Waals surface area contributed by atoms with Crippen molar-refractivity contribution in [2.45, 2.75) is 31.7 Å². The zero-order valence-electron chi connectivity index (χ0n) is 22.4. The summed E-state index contributed by atoms with van der Waals surface area (Å²) in [7, 11) is 1.63. The molecule has 0 aromatic heterocycles. The van der Waals surface area contributed by atoms with Crippen LogP contribution in [0, 0.1) is 17.2 Å². The van der Waals surface area contributed by atoms with Gasteiger partial charge < -0.3 is 24.2 Å². The first kappa shape index (κ1) is 28.6. The number of amides is 3. The molecule has 0 N–H and O–H groups in total. The molecule has 2 atom stereocenters. The van der Waals surface area contributed by atoms with Gasteiger partial charge in [0.25, 0.3) is 0 Å². The van der Waals surface area contributed by atoms with Gasteiger partial charge >= 0.3 is 6.09 Å². The van der Waals surface area contributed by atoms with E-state index in [9.17, 15) is 18.8 Å². The average molecular weight is 592 g/mol. The van der Waals surface area contributed by atoms with E-state index in [0.717, 1.165) is 5.56 Å². The highest BCUT2D eigenvalue weighted by Crippen LogP contribution is 2.36. The van der Waals surface area contributed by atoms with Gasteiger partial charge in [-0.05, 0) is 61.7 Å². The minimum atomic E-state index is -0.615. The summed E-state index contributed by atoms with van der Waals surface area (Å²) in [5.41, 5.74) is 0.395. The predicted molar refractivity (Wildman–Crippen MR) is 148 cm³/mol. The summed E-state index contributed by atoms with van der Waals surface area (Å²) in [5, 5.41) is 0.808. The van der Waals surface area contributed by atoms with Crippen molar-refractivity contribution in [2.24, 2.45) is 11.3 Å². The molecule has 8 nitrogen and oxygen atoms in total. The number of halogens is 3. The number of ether oxygens (including phenoxy) is 2. The Morgan fingerprint density at radius 1 is 1.00 bits per heavy atom. The van der Waals surface area contributed by atoms with E-state index >= 15 is 0 Å². The molecule has 214 valence electrons. The number of carbonyl (C=O) groups excluding carboxylic acids is 3. The highest BCUT2D eigenvalue weighted by atomic mass is 35.5. The molecule has 0 radical (unpaired) electrons. The molecule has 0 bridgehead atoms. The van der Waals surface area contributed by atoms with Crippen molar-refractivity contribution in [1.82, 2.24) is 14.7 Å². The van der Waals surface area contributed by atoms with Gasteiger partial charge in [0.15, 0.2) is 0 Å². The topological polar surface area (TPSA) is 79.4 Å². The second kappa shape index (κ2) is 11.5. The number of carbonyl (C=O) groups is 3. The van der Waals surface area contributed by atoms with Gasteiger partial charge in [0, 0.05) is 45.1 Å². The van der Waals surface area contributed by atoms with Crippen LogP contribution in [0.2, 0.25) is 10.0 Å². The van der Waals surface area contributed by atoms with Crippen molar-refractivity contribution < 1.29 is 28.2 Å². The number of hydrogen-bond acceptors (Lipinski definition) is 5. The summed E-state index contributed by atoms with van der Waals surface area (Å²) in [6.07, 6.45) is 0.557. The van der Waals surface area contributed by atoms with Gasteiger partial charge in [0.05, 0.1) is 34.7 Å². The van der Waals surface area contributed by atoms with E-state index in [2.05, 4.69) is 0 Å². The lowest BCUT2D eigenvalue weighted by atomic mass is 9.85. The first-order valence-electron chi connectivity index (χ1n) is 13.4. The minimum absolute atomic E-state index is 0.0122. The summed E-state index contributed by atoms with van der Waals surface area (Å²) < 4.78 is 24.0. The molecule has 3 aliphatic heterocycles. The molecule has 2 aromatic carbocycles. The van der Waals surface area contributed by atoms with Crippen molar-refractivity contribution in [3.63, 3.8) is 0 Å². The summed E-state index contributed by atoms with van der Waals surface area (Å²) in [6, 6.07) is 10.1. The molecule has 5 rings (SSSR count). The Hall–Kier alpha value is -2.88. The molecule has 0 aliphatic carbocycles. The smallest absolute Gasteiger partial charge is 0.410 e. The molecule has 0 spiro atoms. The number of nitrogens with zero attached hydrogens (tertiary/aromatic N) is 3.